The quantitative estimate of drug-likeness (QED) is 0.639. The minimum absolute atomic E-state index is 0.423. The molecule has 2 rings (SSSR count). The lowest BCUT2D eigenvalue weighted by Gasteiger charge is -2.01. The van der Waals surface area contributed by atoms with Crippen molar-refractivity contribution in [3.05, 3.63) is 40.1 Å². The van der Waals surface area contributed by atoms with E-state index >= 15 is 0 Å². The second kappa shape index (κ2) is 5.01. The average Bonchev–Trinajstić information content (AvgIpc) is 2.73. The summed E-state index contributed by atoms with van der Waals surface area (Å²) >= 11 is 10.7. The largest absolute Gasteiger partial charge is 0.468 e. The summed E-state index contributed by atoms with van der Waals surface area (Å²) in [5, 5.41) is 1.23. The number of halogens is 2. The Bertz CT molecular complexity index is 449. The molecule has 0 saturated heterocycles. The van der Waals surface area contributed by atoms with Crippen molar-refractivity contribution in [2.24, 2.45) is 0 Å². The highest BCUT2D eigenvalue weighted by Gasteiger charge is 2.08. The predicted octanol–water partition coefficient (Wildman–Crippen LogP) is 3.78. The van der Waals surface area contributed by atoms with E-state index in [1.807, 2.05) is 12.1 Å². The second-order valence-electron chi connectivity index (χ2n) is 2.65. The molecule has 0 atom stereocenters. The van der Waals surface area contributed by atoms with Crippen LogP contribution >= 0.6 is 39.3 Å². The van der Waals surface area contributed by atoms with Gasteiger partial charge in [0.2, 0.25) is 0 Å². The first kappa shape index (κ1) is 11.0. The molecule has 0 N–H and O–H groups in total. The molecule has 0 amide bonds. The molecule has 15 heavy (non-hydrogen) atoms. The van der Waals surface area contributed by atoms with E-state index in [9.17, 15) is 0 Å². The van der Waals surface area contributed by atoms with Gasteiger partial charge in [0.15, 0.2) is 0 Å². The van der Waals surface area contributed by atoms with Gasteiger partial charge in [-0.15, -0.1) is 0 Å². The van der Waals surface area contributed by atoms with Crippen LogP contribution in [0.15, 0.2) is 38.6 Å². The fourth-order valence-corrected chi connectivity index (χ4v) is 2.49. The van der Waals surface area contributed by atoms with Crippen molar-refractivity contribution >= 4 is 39.3 Å². The van der Waals surface area contributed by atoms with E-state index in [1.54, 1.807) is 18.0 Å². The van der Waals surface area contributed by atoms with Gasteiger partial charge in [0, 0.05) is 0 Å². The Morgan fingerprint density at radius 3 is 3.07 bits per heavy atom. The maximum Gasteiger partial charge on any atom is 0.147 e. The molecule has 0 saturated carbocycles. The van der Waals surface area contributed by atoms with Crippen LogP contribution in [0.2, 0.25) is 5.15 Å². The normalized spacial score (nSPS) is 10.5. The smallest absolute Gasteiger partial charge is 0.147 e. The van der Waals surface area contributed by atoms with Crippen molar-refractivity contribution in [1.82, 2.24) is 9.97 Å². The summed E-state index contributed by atoms with van der Waals surface area (Å²) in [6, 6.07) is 3.78. The summed E-state index contributed by atoms with van der Waals surface area (Å²) in [5.41, 5.74) is 0. The monoisotopic (exact) mass is 304 g/mol. The molecule has 2 heterocycles. The Balaban J connectivity index is 2.08. The van der Waals surface area contributed by atoms with Crippen LogP contribution in [0.1, 0.15) is 5.76 Å². The standard InChI is InChI=1S/C9H6BrClN2OS/c10-7-8(11)12-5-13-9(7)15-4-6-2-1-3-14-6/h1-3,5H,4H2. The van der Waals surface area contributed by atoms with Crippen molar-refractivity contribution < 1.29 is 4.42 Å². The first-order valence-electron chi connectivity index (χ1n) is 4.08. The average molecular weight is 306 g/mol. The third kappa shape index (κ3) is 2.74. The number of rotatable bonds is 3. The third-order valence-electron chi connectivity index (χ3n) is 1.65. The third-order valence-corrected chi connectivity index (χ3v) is 4.19. The summed E-state index contributed by atoms with van der Waals surface area (Å²) in [5.74, 6) is 1.63. The van der Waals surface area contributed by atoms with Gasteiger partial charge in [-0.2, -0.15) is 0 Å². The second-order valence-corrected chi connectivity index (χ2v) is 4.77. The van der Waals surface area contributed by atoms with Gasteiger partial charge in [-0.1, -0.05) is 23.4 Å². The summed E-state index contributed by atoms with van der Waals surface area (Å²) in [6.45, 7) is 0. The van der Waals surface area contributed by atoms with Crippen LogP contribution in [-0.2, 0) is 5.75 Å². The van der Waals surface area contributed by atoms with E-state index in [-0.39, 0.29) is 0 Å². The van der Waals surface area contributed by atoms with Crippen LogP contribution in [0.4, 0.5) is 0 Å². The lowest BCUT2D eigenvalue weighted by atomic mass is 10.5. The summed E-state index contributed by atoms with van der Waals surface area (Å²) < 4.78 is 5.94. The van der Waals surface area contributed by atoms with E-state index in [2.05, 4.69) is 25.9 Å². The maximum absolute atomic E-state index is 5.84. The van der Waals surface area contributed by atoms with Crippen LogP contribution in [0.25, 0.3) is 0 Å². The number of thioether (sulfide) groups is 1. The Kier molecular flexibility index (Phi) is 3.66. The number of hydrogen-bond acceptors (Lipinski definition) is 4. The Morgan fingerprint density at radius 1 is 1.47 bits per heavy atom. The van der Waals surface area contributed by atoms with Crippen LogP contribution in [-0.4, -0.2) is 9.97 Å². The summed E-state index contributed by atoms with van der Waals surface area (Å²) in [6.07, 6.45) is 3.09. The summed E-state index contributed by atoms with van der Waals surface area (Å²) in [7, 11) is 0. The van der Waals surface area contributed by atoms with Gasteiger partial charge in [0.25, 0.3) is 0 Å². The molecule has 0 aromatic carbocycles. The molecule has 0 fully saturated rings. The van der Waals surface area contributed by atoms with Crippen LogP contribution in [0.3, 0.4) is 0 Å². The first-order valence-corrected chi connectivity index (χ1v) is 6.24. The zero-order valence-electron chi connectivity index (χ0n) is 7.48. The highest BCUT2D eigenvalue weighted by atomic mass is 79.9. The molecule has 2 aromatic heterocycles. The molecule has 0 unspecified atom stereocenters. The van der Waals surface area contributed by atoms with Gasteiger partial charge in [-0.05, 0) is 28.1 Å². The Morgan fingerprint density at radius 2 is 2.33 bits per heavy atom. The Hall–Kier alpha value is -0.520. The van der Waals surface area contributed by atoms with Gasteiger partial charge in [-0.3, -0.25) is 0 Å². The molecular weight excluding hydrogens is 300 g/mol. The SMILES string of the molecule is Clc1ncnc(SCc2ccco2)c1Br. The molecule has 0 bridgehead atoms. The van der Waals surface area contributed by atoms with E-state index in [4.69, 9.17) is 16.0 Å². The molecule has 78 valence electrons. The molecule has 6 heteroatoms. The van der Waals surface area contributed by atoms with E-state index in [0.717, 1.165) is 21.0 Å². The lowest BCUT2D eigenvalue weighted by molar-refractivity contribution is 0.530. The molecule has 0 spiro atoms. The number of aromatic nitrogens is 2. The highest BCUT2D eigenvalue weighted by molar-refractivity contribution is 9.10. The van der Waals surface area contributed by atoms with Crippen molar-refractivity contribution in [2.45, 2.75) is 10.8 Å². The number of furan rings is 1. The highest BCUT2D eigenvalue weighted by Crippen LogP contribution is 2.31. The van der Waals surface area contributed by atoms with E-state index < -0.39 is 0 Å². The summed E-state index contributed by atoms with van der Waals surface area (Å²) in [4.78, 5) is 7.97. The lowest BCUT2D eigenvalue weighted by Crippen LogP contribution is -1.87. The van der Waals surface area contributed by atoms with Gasteiger partial charge < -0.3 is 4.42 Å². The van der Waals surface area contributed by atoms with Gasteiger partial charge in [0.1, 0.15) is 22.3 Å². The maximum atomic E-state index is 5.84. The van der Waals surface area contributed by atoms with Crippen LogP contribution in [0, 0.1) is 0 Å². The van der Waals surface area contributed by atoms with E-state index in [1.165, 1.54) is 6.33 Å². The van der Waals surface area contributed by atoms with Crippen molar-refractivity contribution in [3.63, 3.8) is 0 Å². The van der Waals surface area contributed by atoms with Crippen molar-refractivity contribution in [2.75, 3.05) is 0 Å². The minimum atomic E-state index is 0.423. The molecular formula is C9H6BrClN2OS. The fraction of sp³-hybridized carbons (Fsp3) is 0.111. The molecule has 0 radical (unpaired) electrons. The minimum Gasteiger partial charge on any atom is -0.468 e. The molecule has 3 nitrogen and oxygen atoms in total. The number of nitrogens with zero attached hydrogens (tertiary/aromatic N) is 2. The van der Waals surface area contributed by atoms with Gasteiger partial charge >= 0.3 is 0 Å². The fourth-order valence-electron chi connectivity index (χ4n) is 0.968. The molecule has 0 aliphatic rings. The topological polar surface area (TPSA) is 38.9 Å². The Labute approximate surface area is 104 Å². The number of hydrogen-bond donors (Lipinski definition) is 0. The molecule has 2 aromatic rings. The zero-order chi connectivity index (χ0) is 10.7. The predicted molar refractivity (Wildman–Crippen MR) is 63.0 cm³/mol. The van der Waals surface area contributed by atoms with Crippen molar-refractivity contribution in [3.8, 4) is 0 Å². The van der Waals surface area contributed by atoms with Crippen LogP contribution < -0.4 is 0 Å². The molecule has 0 aliphatic carbocycles. The zero-order valence-corrected chi connectivity index (χ0v) is 10.6. The van der Waals surface area contributed by atoms with Crippen molar-refractivity contribution in [1.29, 1.82) is 0 Å². The van der Waals surface area contributed by atoms with E-state index in [0.29, 0.717) is 5.15 Å². The molecule has 0 aliphatic heterocycles. The first-order chi connectivity index (χ1) is 7.27. The van der Waals surface area contributed by atoms with Crippen LogP contribution in [0.5, 0.6) is 0 Å². The van der Waals surface area contributed by atoms with Gasteiger partial charge in [0.05, 0.1) is 16.5 Å². The van der Waals surface area contributed by atoms with Gasteiger partial charge in [-0.25, -0.2) is 9.97 Å².